The largest absolute Gasteiger partial charge is 0.0991 e. The minimum absolute atomic E-state index is 1.12. The van der Waals surface area contributed by atoms with Gasteiger partial charge in [0.2, 0.25) is 0 Å². The molecule has 0 aliphatic heterocycles. The van der Waals surface area contributed by atoms with Crippen LogP contribution in [0.3, 0.4) is 0 Å². The van der Waals surface area contributed by atoms with E-state index in [4.69, 9.17) is 0 Å². The molecule has 0 spiro atoms. The van der Waals surface area contributed by atoms with Crippen molar-refractivity contribution < 1.29 is 0 Å². The molecule has 0 N–H and O–H groups in total. The molecule has 0 nitrogen and oxygen atoms in total. The van der Waals surface area contributed by atoms with Gasteiger partial charge in [-0.05, 0) is 32.6 Å². The fraction of sp³-hybridized carbons (Fsp3) is 0.385. The lowest BCUT2D eigenvalue weighted by Gasteiger charge is -1.87. The van der Waals surface area contributed by atoms with Crippen molar-refractivity contribution in [1.29, 1.82) is 0 Å². The van der Waals surface area contributed by atoms with Crippen molar-refractivity contribution in [3.05, 3.63) is 49.1 Å². The van der Waals surface area contributed by atoms with Crippen LogP contribution in [0.4, 0.5) is 0 Å². The molecule has 0 aromatic heterocycles. The molecule has 0 rings (SSSR count). The Morgan fingerprint density at radius 2 is 1.38 bits per heavy atom. The Morgan fingerprint density at radius 1 is 0.846 bits per heavy atom. The second-order valence-electron chi connectivity index (χ2n) is 2.86. The van der Waals surface area contributed by atoms with Crippen LogP contribution in [0.25, 0.3) is 0 Å². The first-order chi connectivity index (χ1) is 6.41. The van der Waals surface area contributed by atoms with E-state index in [-0.39, 0.29) is 0 Å². The number of hydrogen-bond acceptors (Lipinski definition) is 0. The average molecular weight is 176 g/mol. The van der Waals surface area contributed by atoms with Gasteiger partial charge in [-0.2, -0.15) is 0 Å². The molecule has 0 atom stereocenters. The van der Waals surface area contributed by atoms with Crippen LogP contribution in [0.2, 0.25) is 0 Å². The van der Waals surface area contributed by atoms with Crippen LogP contribution in [0.1, 0.15) is 32.6 Å². The van der Waals surface area contributed by atoms with E-state index in [0.29, 0.717) is 0 Å². The van der Waals surface area contributed by atoms with Crippen molar-refractivity contribution in [2.75, 3.05) is 0 Å². The molecule has 0 aromatic rings. The van der Waals surface area contributed by atoms with Gasteiger partial charge in [0, 0.05) is 0 Å². The molecule has 0 radical (unpaired) electrons. The summed E-state index contributed by atoms with van der Waals surface area (Å²) in [5.74, 6) is 0. The van der Waals surface area contributed by atoms with Crippen molar-refractivity contribution in [2.45, 2.75) is 32.6 Å². The highest BCUT2D eigenvalue weighted by Gasteiger charge is 1.77. The van der Waals surface area contributed by atoms with Gasteiger partial charge in [-0.25, -0.2) is 0 Å². The van der Waals surface area contributed by atoms with Gasteiger partial charge in [-0.3, -0.25) is 0 Å². The molecule has 0 amide bonds. The lowest BCUT2D eigenvalue weighted by Crippen LogP contribution is -1.66. The lowest BCUT2D eigenvalue weighted by molar-refractivity contribution is 1.00. The maximum atomic E-state index is 3.62. The van der Waals surface area contributed by atoms with Crippen molar-refractivity contribution >= 4 is 0 Å². The summed E-state index contributed by atoms with van der Waals surface area (Å²) in [6.45, 7) is 5.68. The van der Waals surface area contributed by atoms with Gasteiger partial charge in [-0.15, -0.1) is 0 Å². The van der Waals surface area contributed by atoms with Crippen LogP contribution < -0.4 is 0 Å². The predicted molar refractivity (Wildman–Crippen MR) is 61.8 cm³/mol. The fourth-order valence-corrected chi connectivity index (χ4v) is 0.980. The highest BCUT2D eigenvalue weighted by atomic mass is 13.8. The smallest absolute Gasteiger partial charge is 0.0313 e. The van der Waals surface area contributed by atoms with Crippen LogP contribution in [-0.4, -0.2) is 0 Å². The molecule has 0 saturated heterocycles. The Labute approximate surface area is 82.4 Å². The maximum absolute atomic E-state index is 3.62. The number of hydrogen-bond donors (Lipinski definition) is 0. The van der Waals surface area contributed by atoms with Crippen LogP contribution >= 0.6 is 0 Å². The van der Waals surface area contributed by atoms with E-state index in [1.165, 1.54) is 0 Å². The summed E-state index contributed by atoms with van der Waals surface area (Å²) in [6, 6.07) is 0. The highest BCUT2D eigenvalue weighted by Crippen LogP contribution is 1.97. The van der Waals surface area contributed by atoms with Crippen molar-refractivity contribution in [3.63, 3.8) is 0 Å². The van der Waals surface area contributed by atoms with Gasteiger partial charge in [0.05, 0.1) is 0 Å². The van der Waals surface area contributed by atoms with Crippen LogP contribution in [0.5, 0.6) is 0 Å². The fourth-order valence-electron chi connectivity index (χ4n) is 0.980. The topological polar surface area (TPSA) is 0 Å². The Kier molecular flexibility index (Phi) is 10.1. The molecule has 0 heterocycles. The van der Waals surface area contributed by atoms with Gasteiger partial charge in [0.15, 0.2) is 0 Å². The Balaban J connectivity index is 3.21. The minimum atomic E-state index is 1.12. The summed E-state index contributed by atoms with van der Waals surface area (Å²) in [6.07, 6.45) is 19.3. The third-order valence-electron chi connectivity index (χ3n) is 1.67. The zero-order valence-corrected chi connectivity index (χ0v) is 8.58. The monoisotopic (exact) mass is 176 g/mol. The first-order valence-corrected chi connectivity index (χ1v) is 4.95. The van der Waals surface area contributed by atoms with Gasteiger partial charge in [0.25, 0.3) is 0 Å². The quantitative estimate of drug-likeness (QED) is 0.306. The van der Waals surface area contributed by atoms with E-state index >= 15 is 0 Å². The second-order valence-corrected chi connectivity index (χ2v) is 2.86. The van der Waals surface area contributed by atoms with Gasteiger partial charge in [-0.1, -0.05) is 49.1 Å². The number of unbranched alkanes of at least 4 members (excludes halogenated alkanes) is 2. The first kappa shape index (κ1) is 12.0. The van der Waals surface area contributed by atoms with E-state index in [1.807, 2.05) is 12.2 Å². The Hall–Kier alpha value is -1.04. The van der Waals surface area contributed by atoms with Crippen molar-refractivity contribution in [2.24, 2.45) is 0 Å². The summed E-state index contributed by atoms with van der Waals surface area (Å²) in [7, 11) is 0. The van der Waals surface area contributed by atoms with E-state index in [9.17, 15) is 0 Å². The zero-order valence-electron chi connectivity index (χ0n) is 8.58. The molecule has 0 saturated carbocycles. The molecule has 0 heteroatoms. The van der Waals surface area contributed by atoms with Crippen molar-refractivity contribution in [1.82, 2.24) is 0 Å². The van der Waals surface area contributed by atoms with E-state index in [1.54, 1.807) is 0 Å². The van der Waals surface area contributed by atoms with Crippen LogP contribution in [0.15, 0.2) is 49.1 Å². The summed E-state index contributed by atoms with van der Waals surface area (Å²) in [5, 5.41) is 0. The molecule has 0 aliphatic carbocycles. The summed E-state index contributed by atoms with van der Waals surface area (Å²) < 4.78 is 0. The molecule has 0 fully saturated rings. The molecule has 0 unspecified atom stereocenters. The molecule has 0 bridgehead atoms. The Morgan fingerprint density at radius 3 is 1.92 bits per heavy atom. The van der Waals surface area contributed by atoms with E-state index < -0.39 is 0 Å². The standard InChI is InChI=1S/C13H20/c1-3-5-7-9-11-13-12-10-8-6-4-2/h3-7,12-13H,1,8-11H2,2H3/b6-4+,7-5+,13-12+. The van der Waals surface area contributed by atoms with E-state index in [2.05, 4.69) is 43.9 Å². The minimum Gasteiger partial charge on any atom is -0.0991 e. The predicted octanol–water partition coefficient (Wildman–Crippen LogP) is 4.42. The number of allylic oxidation sites excluding steroid dienone is 7. The number of rotatable bonds is 7. The average Bonchev–Trinajstić information content (AvgIpc) is 2.16. The summed E-state index contributed by atoms with van der Waals surface area (Å²) in [4.78, 5) is 0. The molecule has 0 aliphatic rings. The summed E-state index contributed by atoms with van der Waals surface area (Å²) in [5.41, 5.74) is 0. The zero-order chi connectivity index (χ0) is 9.78. The lowest BCUT2D eigenvalue weighted by atomic mass is 10.2. The SMILES string of the molecule is C=C/C=C/CC/C=C/CC/C=C/C. The van der Waals surface area contributed by atoms with Crippen LogP contribution in [-0.2, 0) is 0 Å². The third-order valence-corrected chi connectivity index (χ3v) is 1.67. The second kappa shape index (κ2) is 11.0. The van der Waals surface area contributed by atoms with Gasteiger partial charge in [0.1, 0.15) is 0 Å². The van der Waals surface area contributed by atoms with Crippen molar-refractivity contribution in [3.8, 4) is 0 Å². The highest BCUT2D eigenvalue weighted by molar-refractivity contribution is 4.98. The Bertz CT molecular complexity index is 182. The van der Waals surface area contributed by atoms with Gasteiger partial charge >= 0.3 is 0 Å². The summed E-state index contributed by atoms with van der Waals surface area (Å²) >= 11 is 0. The molecular formula is C13H20. The molecule has 0 aromatic carbocycles. The molecule has 13 heavy (non-hydrogen) atoms. The normalized spacial score (nSPS) is 12.1. The van der Waals surface area contributed by atoms with E-state index in [0.717, 1.165) is 25.7 Å². The first-order valence-electron chi connectivity index (χ1n) is 4.95. The van der Waals surface area contributed by atoms with Crippen LogP contribution in [0, 0.1) is 0 Å². The molecule has 72 valence electrons. The van der Waals surface area contributed by atoms with Gasteiger partial charge < -0.3 is 0 Å². The third kappa shape index (κ3) is 11.0. The molecular weight excluding hydrogens is 156 g/mol. The maximum Gasteiger partial charge on any atom is -0.0313 e.